The van der Waals surface area contributed by atoms with Gasteiger partial charge in [-0.2, -0.15) is 13.2 Å². The Labute approximate surface area is 112 Å². The van der Waals surface area contributed by atoms with Gasteiger partial charge in [0.1, 0.15) is 18.8 Å². The first-order valence-electron chi connectivity index (χ1n) is 5.50. The lowest BCUT2D eigenvalue weighted by Gasteiger charge is -2.27. The van der Waals surface area contributed by atoms with Crippen molar-refractivity contribution in [3.63, 3.8) is 0 Å². The van der Waals surface area contributed by atoms with Crippen LogP contribution >= 0.6 is 0 Å². The second kappa shape index (κ2) is 6.31. The Morgan fingerprint density at radius 2 is 2.05 bits per heavy atom. The minimum atomic E-state index is -4.67. The third-order valence-electron chi connectivity index (χ3n) is 2.27. The highest BCUT2D eigenvalue weighted by molar-refractivity contribution is 5.80. The fraction of sp³-hybridized carbons (Fsp3) is 0.455. The first-order valence-corrected chi connectivity index (χ1v) is 5.50. The smallest absolute Gasteiger partial charge is 0.406 e. The van der Waals surface area contributed by atoms with E-state index in [2.05, 4.69) is 0 Å². The largest absolute Gasteiger partial charge is 0.480 e. The number of carbonyl (C=O) groups is 2. The van der Waals surface area contributed by atoms with Crippen molar-refractivity contribution >= 4 is 12.0 Å². The van der Waals surface area contributed by atoms with Crippen LogP contribution in [0.4, 0.5) is 18.0 Å². The van der Waals surface area contributed by atoms with Crippen LogP contribution in [-0.2, 0) is 11.3 Å². The summed E-state index contributed by atoms with van der Waals surface area (Å²) >= 11 is 0. The van der Waals surface area contributed by atoms with Crippen LogP contribution in [0.3, 0.4) is 0 Å². The van der Waals surface area contributed by atoms with Crippen molar-refractivity contribution < 1.29 is 32.3 Å². The van der Waals surface area contributed by atoms with Gasteiger partial charge in [0.05, 0.1) is 12.8 Å². The van der Waals surface area contributed by atoms with Crippen LogP contribution in [0.25, 0.3) is 0 Å². The summed E-state index contributed by atoms with van der Waals surface area (Å²) in [5, 5.41) is 8.57. The van der Waals surface area contributed by atoms with E-state index in [1.54, 1.807) is 12.1 Å². The van der Waals surface area contributed by atoms with Gasteiger partial charge in [-0.3, -0.25) is 4.79 Å². The predicted molar refractivity (Wildman–Crippen MR) is 60.8 cm³/mol. The van der Waals surface area contributed by atoms with Gasteiger partial charge in [0.15, 0.2) is 0 Å². The third kappa shape index (κ3) is 5.21. The zero-order valence-corrected chi connectivity index (χ0v) is 10.6. The van der Waals surface area contributed by atoms with Crippen LogP contribution in [0.5, 0.6) is 0 Å². The Morgan fingerprint density at radius 1 is 1.40 bits per heavy atom. The molecule has 6 nitrogen and oxygen atoms in total. The van der Waals surface area contributed by atoms with Crippen molar-refractivity contribution in [2.24, 2.45) is 0 Å². The number of hydrogen-bond donors (Lipinski definition) is 1. The molecule has 0 fully saturated rings. The van der Waals surface area contributed by atoms with Crippen LogP contribution in [0.15, 0.2) is 22.8 Å². The Morgan fingerprint density at radius 3 is 2.50 bits per heavy atom. The lowest BCUT2D eigenvalue weighted by Crippen LogP contribution is -2.47. The van der Waals surface area contributed by atoms with Crippen molar-refractivity contribution in [1.29, 1.82) is 0 Å². The van der Waals surface area contributed by atoms with Crippen molar-refractivity contribution in [1.82, 2.24) is 9.80 Å². The molecule has 1 aromatic rings. The highest BCUT2D eigenvalue weighted by atomic mass is 19.4. The van der Waals surface area contributed by atoms with Crippen molar-refractivity contribution in [2.45, 2.75) is 12.7 Å². The number of aliphatic carboxylic acids is 1. The molecule has 0 radical (unpaired) electrons. The van der Waals surface area contributed by atoms with Gasteiger partial charge in [0.25, 0.3) is 0 Å². The molecule has 20 heavy (non-hydrogen) atoms. The molecule has 0 aromatic carbocycles. The predicted octanol–water partition coefficient (Wildman–Crippen LogP) is 1.78. The number of carboxylic acid groups (broad SMARTS) is 1. The highest BCUT2D eigenvalue weighted by Gasteiger charge is 2.35. The molecule has 0 saturated carbocycles. The number of alkyl halides is 3. The van der Waals surface area contributed by atoms with E-state index in [1.165, 1.54) is 13.3 Å². The number of carbonyl (C=O) groups excluding carboxylic acids is 1. The van der Waals surface area contributed by atoms with E-state index in [-0.39, 0.29) is 11.4 Å². The molecular formula is C11H13F3N2O4. The van der Waals surface area contributed by atoms with Crippen LogP contribution in [0.2, 0.25) is 0 Å². The molecule has 0 aliphatic carbocycles. The lowest BCUT2D eigenvalue weighted by atomic mass is 10.4. The molecular weight excluding hydrogens is 281 g/mol. The molecule has 9 heteroatoms. The summed E-state index contributed by atoms with van der Waals surface area (Å²) in [6.07, 6.45) is -3.31. The van der Waals surface area contributed by atoms with Crippen molar-refractivity contribution in [3.8, 4) is 0 Å². The number of halogens is 3. The van der Waals surface area contributed by atoms with Crippen LogP contribution in [-0.4, -0.2) is 53.2 Å². The van der Waals surface area contributed by atoms with E-state index in [9.17, 15) is 22.8 Å². The number of furan rings is 1. The van der Waals surface area contributed by atoms with E-state index in [0.29, 0.717) is 5.76 Å². The molecule has 1 heterocycles. The Hall–Kier alpha value is -2.19. The van der Waals surface area contributed by atoms with Crippen LogP contribution in [0, 0.1) is 0 Å². The number of amides is 2. The van der Waals surface area contributed by atoms with E-state index < -0.39 is 31.3 Å². The molecule has 112 valence electrons. The SMILES string of the molecule is CN(Cc1ccco1)C(=O)N(CC(=O)O)CC(F)(F)F. The Bertz CT molecular complexity index is 459. The number of hydrogen-bond acceptors (Lipinski definition) is 3. The molecule has 1 aromatic heterocycles. The fourth-order valence-corrected chi connectivity index (χ4v) is 1.52. The first-order chi connectivity index (χ1) is 9.19. The average Bonchev–Trinajstić information content (AvgIpc) is 2.77. The highest BCUT2D eigenvalue weighted by Crippen LogP contribution is 2.17. The number of urea groups is 1. The molecule has 0 unspecified atom stereocenters. The second-order valence-corrected chi connectivity index (χ2v) is 4.08. The molecule has 2 amide bonds. The summed E-state index contributed by atoms with van der Waals surface area (Å²) in [5.74, 6) is -1.14. The molecule has 1 N–H and O–H groups in total. The quantitative estimate of drug-likeness (QED) is 0.898. The zero-order valence-electron chi connectivity index (χ0n) is 10.6. The molecule has 0 aliphatic heterocycles. The van der Waals surface area contributed by atoms with Crippen molar-refractivity contribution in [2.75, 3.05) is 20.1 Å². The van der Waals surface area contributed by atoms with Gasteiger partial charge in [-0.15, -0.1) is 0 Å². The van der Waals surface area contributed by atoms with Gasteiger partial charge in [-0.1, -0.05) is 0 Å². The Balaban J connectivity index is 2.73. The number of carboxylic acids is 1. The van der Waals surface area contributed by atoms with E-state index >= 15 is 0 Å². The maximum atomic E-state index is 12.3. The number of rotatable bonds is 5. The molecule has 1 rings (SSSR count). The van der Waals surface area contributed by atoms with Gasteiger partial charge < -0.3 is 19.3 Å². The summed E-state index contributed by atoms with van der Waals surface area (Å²) in [5.41, 5.74) is 0. The minimum absolute atomic E-state index is 0.0557. The summed E-state index contributed by atoms with van der Waals surface area (Å²) in [6.45, 7) is -2.71. The van der Waals surface area contributed by atoms with E-state index in [1.807, 2.05) is 0 Å². The second-order valence-electron chi connectivity index (χ2n) is 4.08. The standard InChI is InChI=1S/C11H13F3N2O4/c1-15(5-8-3-2-4-20-8)10(19)16(6-9(17)18)7-11(12,13)14/h2-4H,5-7H2,1H3,(H,17,18). The van der Waals surface area contributed by atoms with Gasteiger partial charge in [0.2, 0.25) is 0 Å². The zero-order chi connectivity index (χ0) is 15.3. The Kier molecular flexibility index (Phi) is 5.00. The van der Waals surface area contributed by atoms with Gasteiger partial charge in [-0.25, -0.2) is 4.79 Å². The normalized spacial score (nSPS) is 11.2. The van der Waals surface area contributed by atoms with E-state index in [0.717, 1.165) is 4.90 Å². The summed E-state index contributed by atoms with van der Waals surface area (Å²) in [7, 11) is 1.26. The minimum Gasteiger partial charge on any atom is -0.480 e. The summed E-state index contributed by atoms with van der Waals surface area (Å²) in [6, 6.07) is 2.08. The number of nitrogens with zero attached hydrogens (tertiary/aromatic N) is 2. The fourth-order valence-electron chi connectivity index (χ4n) is 1.52. The molecule has 0 aliphatic rings. The molecule has 0 atom stereocenters. The monoisotopic (exact) mass is 294 g/mol. The first kappa shape index (κ1) is 15.9. The molecule has 0 bridgehead atoms. The lowest BCUT2D eigenvalue weighted by molar-refractivity contribution is -0.149. The van der Waals surface area contributed by atoms with Gasteiger partial charge in [-0.05, 0) is 12.1 Å². The van der Waals surface area contributed by atoms with Gasteiger partial charge >= 0.3 is 18.2 Å². The summed E-state index contributed by atoms with van der Waals surface area (Å²) in [4.78, 5) is 23.5. The van der Waals surface area contributed by atoms with Crippen molar-refractivity contribution in [3.05, 3.63) is 24.2 Å². The average molecular weight is 294 g/mol. The topological polar surface area (TPSA) is 74.0 Å². The van der Waals surface area contributed by atoms with Gasteiger partial charge in [0, 0.05) is 7.05 Å². The maximum Gasteiger partial charge on any atom is 0.406 e. The molecule has 0 saturated heterocycles. The maximum absolute atomic E-state index is 12.3. The summed E-state index contributed by atoms with van der Waals surface area (Å²) < 4.78 is 42.0. The third-order valence-corrected chi connectivity index (χ3v) is 2.27. The van der Waals surface area contributed by atoms with E-state index in [4.69, 9.17) is 9.52 Å². The van der Waals surface area contributed by atoms with Crippen LogP contribution in [0.1, 0.15) is 5.76 Å². The molecule has 0 spiro atoms. The van der Waals surface area contributed by atoms with Crippen LogP contribution < -0.4 is 0 Å².